The van der Waals surface area contributed by atoms with Crippen molar-refractivity contribution in [3.8, 4) is 16.9 Å². The summed E-state index contributed by atoms with van der Waals surface area (Å²) in [7, 11) is 2.07. The first-order valence-corrected chi connectivity index (χ1v) is 10.2. The zero-order valence-corrected chi connectivity index (χ0v) is 17.2. The molecule has 0 unspecified atom stereocenters. The standard InChI is InChI=1S/C23H22N6O2/c1-27-11-13-28(14-12-27)22(30)17-9-7-16(8-10-17)19-15-24-21-20(25-19)26-23(31)29(21)18-5-3-2-4-6-18/h2-10,15H,11-14H2,1H3,(H,25,26,31). The van der Waals surface area contributed by atoms with Crippen LogP contribution in [0.1, 0.15) is 10.4 Å². The number of aromatic amines is 1. The Morgan fingerprint density at radius 3 is 2.39 bits per heavy atom. The van der Waals surface area contributed by atoms with E-state index in [2.05, 4.69) is 26.9 Å². The molecule has 1 N–H and O–H groups in total. The average Bonchev–Trinajstić information content (AvgIpc) is 3.14. The van der Waals surface area contributed by atoms with Gasteiger partial charge in [0.1, 0.15) is 0 Å². The molecule has 3 heterocycles. The Labute approximate surface area is 178 Å². The van der Waals surface area contributed by atoms with Gasteiger partial charge in [-0.25, -0.2) is 19.3 Å². The topological polar surface area (TPSA) is 87.1 Å². The van der Waals surface area contributed by atoms with Crippen LogP contribution in [0.3, 0.4) is 0 Å². The number of fused-ring (bicyclic) bond motifs is 1. The number of carbonyl (C=O) groups excluding carboxylic acids is 1. The van der Waals surface area contributed by atoms with Crippen molar-refractivity contribution in [1.29, 1.82) is 0 Å². The smallest absolute Gasteiger partial charge is 0.333 e. The lowest BCUT2D eigenvalue weighted by atomic mass is 10.1. The van der Waals surface area contributed by atoms with Crippen LogP contribution >= 0.6 is 0 Å². The molecule has 1 fully saturated rings. The number of rotatable bonds is 3. The summed E-state index contributed by atoms with van der Waals surface area (Å²) in [5.74, 6) is 0.0467. The van der Waals surface area contributed by atoms with Crippen LogP contribution in [0.25, 0.3) is 28.2 Å². The van der Waals surface area contributed by atoms with E-state index in [0.29, 0.717) is 22.6 Å². The number of imidazole rings is 1. The summed E-state index contributed by atoms with van der Waals surface area (Å²) in [6, 6.07) is 16.7. The maximum atomic E-state index is 12.7. The second-order valence-electron chi connectivity index (χ2n) is 7.70. The molecule has 0 bridgehead atoms. The molecule has 2 aromatic heterocycles. The van der Waals surface area contributed by atoms with E-state index >= 15 is 0 Å². The van der Waals surface area contributed by atoms with Crippen molar-refractivity contribution in [1.82, 2.24) is 29.3 Å². The van der Waals surface area contributed by atoms with Gasteiger partial charge >= 0.3 is 5.69 Å². The third-order valence-corrected chi connectivity index (χ3v) is 5.63. The van der Waals surface area contributed by atoms with Gasteiger partial charge in [-0.1, -0.05) is 30.3 Å². The minimum absolute atomic E-state index is 0.0467. The third kappa shape index (κ3) is 3.62. The molecule has 1 aliphatic heterocycles. The van der Waals surface area contributed by atoms with Gasteiger partial charge in [0.05, 0.1) is 17.6 Å². The molecule has 8 nitrogen and oxygen atoms in total. The normalized spacial score (nSPS) is 14.8. The first-order valence-electron chi connectivity index (χ1n) is 10.2. The van der Waals surface area contributed by atoms with E-state index in [1.54, 1.807) is 6.20 Å². The van der Waals surface area contributed by atoms with Crippen molar-refractivity contribution in [3.05, 3.63) is 76.8 Å². The molecule has 0 aliphatic carbocycles. The minimum atomic E-state index is -0.286. The van der Waals surface area contributed by atoms with Crippen molar-refractivity contribution in [2.24, 2.45) is 0 Å². The molecule has 0 saturated carbocycles. The number of aromatic nitrogens is 4. The van der Waals surface area contributed by atoms with E-state index in [4.69, 9.17) is 0 Å². The Kier molecular flexibility index (Phi) is 4.83. The van der Waals surface area contributed by atoms with Crippen LogP contribution < -0.4 is 5.69 Å². The quantitative estimate of drug-likeness (QED) is 0.555. The van der Waals surface area contributed by atoms with Gasteiger partial charge in [-0.15, -0.1) is 0 Å². The molecule has 1 amide bonds. The second-order valence-corrected chi connectivity index (χ2v) is 7.70. The van der Waals surface area contributed by atoms with Gasteiger partial charge in [0.15, 0.2) is 11.3 Å². The molecule has 0 radical (unpaired) electrons. The fourth-order valence-electron chi connectivity index (χ4n) is 3.81. The van der Waals surface area contributed by atoms with Gasteiger partial charge in [-0.05, 0) is 31.3 Å². The fraction of sp³-hybridized carbons (Fsp3) is 0.217. The van der Waals surface area contributed by atoms with E-state index in [1.165, 1.54) is 4.57 Å². The molecule has 4 aromatic rings. The highest BCUT2D eigenvalue weighted by Gasteiger charge is 2.20. The van der Waals surface area contributed by atoms with E-state index < -0.39 is 0 Å². The number of hydrogen-bond donors (Lipinski definition) is 1. The highest BCUT2D eigenvalue weighted by atomic mass is 16.2. The number of para-hydroxylation sites is 1. The number of nitrogens with one attached hydrogen (secondary N) is 1. The molecule has 1 saturated heterocycles. The van der Waals surface area contributed by atoms with Crippen LogP contribution in [0, 0.1) is 0 Å². The molecule has 0 atom stereocenters. The number of likely N-dealkylation sites (N-methyl/N-ethyl adjacent to an activating group) is 1. The Morgan fingerprint density at radius 1 is 0.968 bits per heavy atom. The average molecular weight is 414 g/mol. The maximum Gasteiger partial charge on any atom is 0.333 e. The summed E-state index contributed by atoms with van der Waals surface area (Å²) in [4.78, 5) is 41.2. The number of H-pyrrole nitrogens is 1. The molecule has 1 aliphatic rings. The van der Waals surface area contributed by atoms with Crippen molar-refractivity contribution >= 4 is 17.2 Å². The van der Waals surface area contributed by atoms with E-state index in [0.717, 1.165) is 37.4 Å². The Balaban J connectivity index is 1.42. The molecule has 5 rings (SSSR count). The van der Waals surface area contributed by atoms with Crippen LogP contribution in [0.2, 0.25) is 0 Å². The molecule has 156 valence electrons. The van der Waals surface area contributed by atoms with Crippen molar-refractivity contribution in [2.45, 2.75) is 0 Å². The monoisotopic (exact) mass is 414 g/mol. The summed E-state index contributed by atoms with van der Waals surface area (Å²) in [5.41, 5.74) is 3.46. The number of nitrogens with zero attached hydrogens (tertiary/aromatic N) is 5. The first kappa shape index (κ1) is 19.2. The Hall–Kier alpha value is -3.78. The Bertz CT molecular complexity index is 1290. The summed E-state index contributed by atoms with van der Waals surface area (Å²) in [5, 5.41) is 0. The van der Waals surface area contributed by atoms with Crippen LogP contribution in [0.4, 0.5) is 0 Å². The van der Waals surface area contributed by atoms with Crippen molar-refractivity contribution in [3.63, 3.8) is 0 Å². The van der Waals surface area contributed by atoms with E-state index in [1.807, 2.05) is 59.5 Å². The van der Waals surface area contributed by atoms with Gasteiger partial charge in [0.25, 0.3) is 5.91 Å². The fourth-order valence-corrected chi connectivity index (χ4v) is 3.81. The van der Waals surface area contributed by atoms with E-state index in [-0.39, 0.29) is 11.6 Å². The van der Waals surface area contributed by atoms with Crippen LogP contribution in [0.15, 0.2) is 65.6 Å². The van der Waals surface area contributed by atoms with Crippen molar-refractivity contribution < 1.29 is 4.79 Å². The van der Waals surface area contributed by atoms with Crippen LogP contribution in [-0.2, 0) is 0 Å². The van der Waals surface area contributed by atoms with Gasteiger partial charge in [-0.3, -0.25) is 9.78 Å². The molecular weight excluding hydrogens is 392 g/mol. The highest BCUT2D eigenvalue weighted by Crippen LogP contribution is 2.20. The minimum Gasteiger partial charge on any atom is -0.336 e. The predicted molar refractivity (Wildman–Crippen MR) is 118 cm³/mol. The highest BCUT2D eigenvalue weighted by molar-refractivity contribution is 5.94. The van der Waals surface area contributed by atoms with Gasteiger partial charge < -0.3 is 9.80 Å². The zero-order chi connectivity index (χ0) is 21.4. The summed E-state index contributed by atoms with van der Waals surface area (Å²) in [6.07, 6.45) is 1.65. The first-order chi connectivity index (χ1) is 15.1. The molecule has 0 spiro atoms. The van der Waals surface area contributed by atoms with Gasteiger partial charge in [-0.2, -0.15) is 0 Å². The number of benzene rings is 2. The molecule has 2 aromatic carbocycles. The number of hydrogen-bond acceptors (Lipinski definition) is 5. The third-order valence-electron chi connectivity index (χ3n) is 5.63. The SMILES string of the molecule is CN1CCN(C(=O)c2ccc(-c3cnc4c(n3)[nH]c(=O)n4-c3ccccc3)cc2)CC1. The summed E-state index contributed by atoms with van der Waals surface area (Å²) in [6.45, 7) is 3.26. The van der Waals surface area contributed by atoms with Gasteiger partial charge in [0, 0.05) is 37.3 Å². The largest absolute Gasteiger partial charge is 0.336 e. The maximum absolute atomic E-state index is 12.7. The lowest BCUT2D eigenvalue weighted by Crippen LogP contribution is -2.47. The zero-order valence-electron chi connectivity index (χ0n) is 17.2. The lowest BCUT2D eigenvalue weighted by molar-refractivity contribution is 0.0664. The lowest BCUT2D eigenvalue weighted by Gasteiger charge is -2.32. The summed E-state index contributed by atoms with van der Waals surface area (Å²) >= 11 is 0. The van der Waals surface area contributed by atoms with E-state index in [9.17, 15) is 9.59 Å². The molecule has 31 heavy (non-hydrogen) atoms. The number of piperazine rings is 1. The predicted octanol–water partition coefficient (Wildman–Crippen LogP) is 2.16. The van der Waals surface area contributed by atoms with Crippen LogP contribution in [-0.4, -0.2) is 68.5 Å². The summed E-state index contributed by atoms with van der Waals surface area (Å²) < 4.78 is 1.50. The Morgan fingerprint density at radius 2 is 1.68 bits per heavy atom. The van der Waals surface area contributed by atoms with Crippen LogP contribution in [0.5, 0.6) is 0 Å². The van der Waals surface area contributed by atoms with Crippen molar-refractivity contribution in [2.75, 3.05) is 33.2 Å². The number of carbonyl (C=O) groups is 1. The molecule has 8 heteroatoms. The second kappa shape index (κ2) is 7.81. The number of amides is 1. The van der Waals surface area contributed by atoms with Gasteiger partial charge in [0.2, 0.25) is 0 Å². The molecular formula is C23H22N6O2.